The van der Waals surface area contributed by atoms with Gasteiger partial charge in [0.1, 0.15) is 5.75 Å². The highest BCUT2D eigenvalue weighted by Gasteiger charge is 2.17. The molecule has 6 heteroatoms. The second kappa shape index (κ2) is 3.81. The normalized spacial score (nSPS) is 10.9. The van der Waals surface area contributed by atoms with Crippen LogP contribution >= 0.6 is 0 Å². The van der Waals surface area contributed by atoms with Crippen LogP contribution in [0.1, 0.15) is 0 Å². The summed E-state index contributed by atoms with van der Waals surface area (Å²) >= 11 is 0. The Balaban J connectivity index is 2.77. The van der Waals surface area contributed by atoms with Crippen LogP contribution in [0.5, 0.6) is 5.75 Å². The first-order chi connectivity index (χ1) is 9.09. The smallest absolute Gasteiger partial charge is 0.273 e. The number of aromatic hydroxyl groups is 1. The molecule has 3 rings (SSSR count). The molecule has 0 radical (unpaired) electrons. The molecule has 1 aliphatic carbocycles. The van der Waals surface area contributed by atoms with Gasteiger partial charge in [-0.2, -0.15) is 0 Å². The molecule has 94 valence electrons. The van der Waals surface area contributed by atoms with Gasteiger partial charge in [0.25, 0.3) is 5.43 Å². The molecule has 0 fully saturated rings. The fourth-order valence-corrected chi connectivity index (χ4v) is 2.11. The Kier molecular flexibility index (Phi) is 2.25. The molecule has 0 bridgehead atoms. The molecule has 0 spiro atoms. The van der Waals surface area contributed by atoms with Gasteiger partial charge in [-0.3, -0.25) is 14.4 Å². The third kappa shape index (κ3) is 1.54. The van der Waals surface area contributed by atoms with Gasteiger partial charge in [-0.1, -0.05) is 12.1 Å². The van der Waals surface area contributed by atoms with Crippen molar-refractivity contribution in [2.24, 2.45) is 0 Å². The van der Waals surface area contributed by atoms with Crippen LogP contribution in [0.25, 0.3) is 22.0 Å². The number of hydrogen-bond acceptors (Lipinski definition) is 4. The van der Waals surface area contributed by atoms with Crippen LogP contribution < -0.4 is 16.3 Å². The average molecular weight is 256 g/mol. The van der Waals surface area contributed by atoms with Crippen molar-refractivity contribution < 1.29 is 5.11 Å². The van der Waals surface area contributed by atoms with E-state index in [0.717, 1.165) is 6.07 Å². The fourth-order valence-electron chi connectivity index (χ4n) is 2.11. The zero-order valence-corrected chi connectivity index (χ0v) is 9.56. The van der Waals surface area contributed by atoms with E-state index in [1.165, 1.54) is 12.3 Å². The molecule has 6 nitrogen and oxygen atoms in total. The van der Waals surface area contributed by atoms with Gasteiger partial charge in [-0.25, -0.2) is 0 Å². The van der Waals surface area contributed by atoms with E-state index in [9.17, 15) is 19.5 Å². The van der Waals surface area contributed by atoms with Gasteiger partial charge in [-0.05, 0) is 6.07 Å². The predicted molar refractivity (Wildman–Crippen MR) is 69.7 cm³/mol. The summed E-state index contributed by atoms with van der Waals surface area (Å²) in [5.74, 6) is -0.129. The molecule has 19 heavy (non-hydrogen) atoms. The molecule has 0 unspecified atom stereocenters. The van der Waals surface area contributed by atoms with Crippen molar-refractivity contribution >= 4 is 10.8 Å². The second-order valence-corrected chi connectivity index (χ2v) is 4.11. The molecular weight excluding hydrogens is 248 g/mol. The minimum absolute atomic E-state index is 0.000972. The van der Waals surface area contributed by atoms with E-state index in [1.54, 1.807) is 12.1 Å². The van der Waals surface area contributed by atoms with Crippen LogP contribution in [0.15, 0.2) is 44.8 Å². The van der Waals surface area contributed by atoms with Crippen molar-refractivity contribution in [1.82, 2.24) is 10.2 Å². The lowest BCUT2D eigenvalue weighted by Crippen LogP contribution is -2.38. The summed E-state index contributed by atoms with van der Waals surface area (Å²) in [6.07, 6.45) is 1.53. The summed E-state index contributed by atoms with van der Waals surface area (Å²) < 4.78 is 0. The van der Waals surface area contributed by atoms with Gasteiger partial charge in [0.15, 0.2) is 0 Å². The second-order valence-electron chi connectivity index (χ2n) is 4.11. The quantitative estimate of drug-likeness (QED) is 0.506. The molecular formula is C13H8N2O4. The summed E-state index contributed by atoms with van der Waals surface area (Å²) in [7, 11) is 0. The number of H-pyrrole nitrogens is 2. The first-order valence-electron chi connectivity index (χ1n) is 5.48. The zero-order chi connectivity index (χ0) is 13.6. The predicted octanol–water partition coefficient (Wildman–Crippen LogP) is 0.387. The molecule has 2 aliphatic rings. The van der Waals surface area contributed by atoms with Crippen LogP contribution in [-0.2, 0) is 0 Å². The number of nitrogens with one attached hydrogen (secondary N) is 2. The van der Waals surface area contributed by atoms with E-state index < -0.39 is 16.3 Å². The van der Waals surface area contributed by atoms with Crippen LogP contribution in [0.3, 0.4) is 0 Å². The molecule has 0 aromatic heterocycles. The van der Waals surface area contributed by atoms with Gasteiger partial charge in [-0.15, -0.1) is 0 Å². The van der Waals surface area contributed by atoms with Crippen molar-refractivity contribution in [3.63, 3.8) is 0 Å². The Morgan fingerprint density at radius 3 is 2.63 bits per heavy atom. The third-order valence-electron chi connectivity index (χ3n) is 2.96. The van der Waals surface area contributed by atoms with E-state index in [1.807, 2.05) is 0 Å². The number of benzene rings is 2. The number of rotatable bonds is 0. The largest absolute Gasteiger partial charge is 0.507 e. The van der Waals surface area contributed by atoms with Gasteiger partial charge in [0.05, 0.1) is 11.3 Å². The van der Waals surface area contributed by atoms with E-state index in [-0.39, 0.29) is 22.4 Å². The summed E-state index contributed by atoms with van der Waals surface area (Å²) in [4.78, 5) is 34.9. The van der Waals surface area contributed by atoms with Gasteiger partial charge >= 0.3 is 0 Å². The Labute approximate surface area is 105 Å². The summed E-state index contributed by atoms with van der Waals surface area (Å²) in [5.41, 5.74) is -2.73. The van der Waals surface area contributed by atoms with Crippen molar-refractivity contribution in [1.29, 1.82) is 0 Å². The molecule has 0 atom stereocenters. The van der Waals surface area contributed by atoms with Crippen LogP contribution in [0, 0.1) is 0 Å². The number of aromatic nitrogens is 2. The summed E-state index contributed by atoms with van der Waals surface area (Å²) in [5, 5.41) is 16.0. The lowest BCUT2D eigenvalue weighted by Gasteiger charge is -2.02. The zero-order valence-electron chi connectivity index (χ0n) is 9.56. The van der Waals surface area contributed by atoms with E-state index in [0.29, 0.717) is 5.39 Å². The highest BCUT2D eigenvalue weighted by Crippen LogP contribution is 2.29. The minimum Gasteiger partial charge on any atom is -0.507 e. The summed E-state index contributed by atoms with van der Waals surface area (Å²) in [6, 6.07) is 5.74. The number of hydrogen-bond donors (Lipinski definition) is 3. The highest BCUT2D eigenvalue weighted by molar-refractivity contribution is 5.98. The van der Waals surface area contributed by atoms with Crippen LogP contribution in [0.2, 0.25) is 0 Å². The Morgan fingerprint density at radius 2 is 1.84 bits per heavy atom. The van der Waals surface area contributed by atoms with E-state index in [2.05, 4.69) is 10.2 Å². The first kappa shape index (κ1) is 11.2. The van der Waals surface area contributed by atoms with Crippen molar-refractivity contribution in [3.8, 4) is 17.0 Å². The van der Waals surface area contributed by atoms with Crippen molar-refractivity contribution in [2.75, 3.05) is 0 Å². The molecule has 1 aromatic carbocycles. The fraction of sp³-hybridized carbons (Fsp3) is 0. The van der Waals surface area contributed by atoms with Gasteiger partial charge < -0.3 is 15.3 Å². The number of phenols is 1. The van der Waals surface area contributed by atoms with E-state index in [4.69, 9.17) is 0 Å². The van der Waals surface area contributed by atoms with Crippen molar-refractivity contribution in [2.45, 2.75) is 0 Å². The maximum absolute atomic E-state index is 12.0. The molecule has 1 aliphatic heterocycles. The van der Waals surface area contributed by atoms with Crippen LogP contribution in [0.4, 0.5) is 0 Å². The Hall–Kier alpha value is -2.89. The Bertz CT molecular complexity index is 939. The number of fused-ring (bicyclic) bond motifs is 3. The number of aromatic amines is 2. The maximum Gasteiger partial charge on any atom is 0.273 e. The average Bonchev–Trinajstić information content (AvgIpc) is 2.56. The topological polar surface area (TPSA) is 103 Å². The molecule has 3 N–H and O–H groups in total. The van der Waals surface area contributed by atoms with Gasteiger partial charge in [0, 0.05) is 23.0 Å². The standard InChI is InChI=1S/C13H8N2O4/c16-8-3-1-2-6-5-14-15-7-4-9(17)12(18)13(19)11(7)10(6)8/h1-5,14-16H. The Morgan fingerprint density at radius 1 is 1.05 bits per heavy atom. The third-order valence-corrected chi connectivity index (χ3v) is 2.96. The molecule has 0 saturated heterocycles. The number of phenolic OH excluding ortho intramolecular Hbond substituents is 1. The molecule has 0 saturated carbocycles. The first-order valence-corrected chi connectivity index (χ1v) is 5.48. The monoisotopic (exact) mass is 256 g/mol. The highest BCUT2D eigenvalue weighted by atomic mass is 16.3. The minimum atomic E-state index is -1.10. The van der Waals surface area contributed by atoms with Gasteiger partial charge in [0.2, 0.25) is 10.9 Å². The molecule has 0 amide bonds. The molecule has 1 aromatic rings. The van der Waals surface area contributed by atoms with Crippen molar-refractivity contribution in [3.05, 3.63) is 61.1 Å². The van der Waals surface area contributed by atoms with Crippen LogP contribution in [-0.4, -0.2) is 15.3 Å². The SMILES string of the molecule is O=c1cc2[nH][nH]cc3cccc(O)c3c-2c(=O)c1=O. The lowest BCUT2D eigenvalue weighted by atomic mass is 10.0. The lowest BCUT2D eigenvalue weighted by molar-refractivity contribution is 0.482. The molecule has 1 heterocycles. The summed E-state index contributed by atoms with van der Waals surface area (Å²) in [6.45, 7) is 0. The van der Waals surface area contributed by atoms with E-state index >= 15 is 0 Å². The maximum atomic E-state index is 12.0.